The molecule has 3 rings (SSSR count). The molecular formula is C13H13N3O. The van der Waals surface area contributed by atoms with Gasteiger partial charge in [-0.2, -0.15) is 4.99 Å². The van der Waals surface area contributed by atoms with Gasteiger partial charge in [-0.3, -0.25) is 0 Å². The van der Waals surface area contributed by atoms with Crippen LogP contribution in [0.25, 0.3) is 11.0 Å². The summed E-state index contributed by atoms with van der Waals surface area (Å²) in [7, 11) is 2.00. The summed E-state index contributed by atoms with van der Waals surface area (Å²) in [5.74, 6) is 0.971. The third kappa shape index (κ3) is 1.34. The van der Waals surface area contributed by atoms with Gasteiger partial charge >= 0.3 is 0 Å². The second kappa shape index (κ2) is 3.28. The van der Waals surface area contributed by atoms with Crippen molar-refractivity contribution in [1.29, 1.82) is 0 Å². The number of hydrogen-bond donors (Lipinski definition) is 0. The van der Waals surface area contributed by atoms with E-state index >= 15 is 0 Å². The number of hydrogen-bond acceptors (Lipinski definition) is 3. The zero-order chi connectivity index (χ0) is 12.0. The minimum absolute atomic E-state index is 0.345. The van der Waals surface area contributed by atoms with Crippen LogP contribution in [-0.4, -0.2) is 15.6 Å². The van der Waals surface area contributed by atoms with Gasteiger partial charge in [0.15, 0.2) is 0 Å². The van der Waals surface area contributed by atoms with Crippen molar-refractivity contribution >= 4 is 17.1 Å². The lowest BCUT2D eigenvalue weighted by atomic mass is 10.0. The Hall–Kier alpha value is -1.93. The van der Waals surface area contributed by atoms with Gasteiger partial charge in [0, 0.05) is 12.6 Å². The highest BCUT2D eigenvalue weighted by molar-refractivity contribution is 5.81. The maximum atomic E-state index is 10.5. The zero-order valence-corrected chi connectivity index (χ0v) is 9.90. The lowest BCUT2D eigenvalue weighted by Gasteiger charge is -2.08. The minimum atomic E-state index is -0.345. The van der Waals surface area contributed by atoms with Crippen molar-refractivity contribution in [1.82, 2.24) is 9.55 Å². The molecule has 1 saturated carbocycles. The summed E-state index contributed by atoms with van der Waals surface area (Å²) in [6.45, 7) is 1.98. The Bertz CT molecular complexity index is 646. The highest BCUT2D eigenvalue weighted by Crippen LogP contribution is 2.50. The highest BCUT2D eigenvalue weighted by atomic mass is 16.1. The molecule has 0 radical (unpaired) electrons. The molecule has 1 aromatic heterocycles. The van der Waals surface area contributed by atoms with E-state index in [-0.39, 0.29) is 5.54 Å². The van der Waals surface area contributed by atoms with Crippen LogP contribution in [-0.2, 0) is 17.4 Å². The number of rotatable bonds is 2. The number of aryl methyl sites for hydroxylation is 2. The first-order valence-corrected chi connectivity index (χ1v) is 5.69. The number of aromatic nitrogens is 2. The summed E-state index contributed by atoms with van der Waals surface area (Å²) < 4.78 is 2.06. The Balaban J connectivity index is 2.31. The number of para-hydroxylation sites is 1. The Kier molecular flexibility index (Phi) is 1.98. The molecule has 0 amide bonds. The van der Waals surface area contributed by atoms with Crippen LogP contribution in [0.4, 0.5) is 0 Å². The lowest BCUT2D eigenvalue weighted by molar-refractivity contribution is 0.556. The molecule has 4 nitrogen and oxygen atoms in total. The highest BCUT2D eigenvalue weighted by Gasteiger charge is 2.46. The van der Waals surface area contributed by atoms with Crippen molar-refractivity contribution in [2.75, 3.05) is 0 Å². The van der Waals surface area contributed by atoms with Crippen molar-refractivity contribution in [2.45, 2.75) is 25.3 Å². The molecule has 0 N–H and O–H groups in total. The van der Waals surface area contributed by atoms with Crippen molar-refractivity contribution in [2.24, 2.45) is 12.0 Å². The van der Waals surface area contributed by atoms with E-state index in [9.17, 15) is 4.79 Å². The average molecular weight is 227 g/mol. The molecule has 86 valence electrons. The average Bonchev–Trinajstić information content (AvgIpc) is 3.03. The quantitative estimate of drug-likeness (QED) is 0.583. The first kappa shape index (κ1) is 10.2. The first-order valence-electron chi connectivity index (χ1n) is 5.69. The normalized spacial score (nSPS) is 16.8. The van der Waals surface area contributed by atoms with Crippen LogP contribution < -0.4 is 0 Å². The van der Waals surface area contributed by atoms with E-state index in [1.807, 2.05) is 32.2 Å². The summed E-state index contributed by atoms with van der Waals surface area (Å²) in [5, 5.41) is 0. The van der Waals surface area contributed by atoms with Crippen molar-refractivity contribution in [3.05, 3.63) is 29.6 Å². The smallest absolute Gasteiger partial charge is 0.235 e. The number of imidazole rings is 1. The van der Waals surface area contributed by atoms with Crippen LogP contribution in [0.1, 0.15) is 24.2 Å². The molecule has 1 aromatic carbocycles. The summed E-state index contributed by atoms with van der Waals surface area (Å²) in [6, 6.07) is 6.06. The number of nitrogens with zero attached hydrogens (tertiary/aromatic N) is 3. The summed E-state index contributed by atoms with van der Waals surface area (Å²) in [4.78, 5) is 19.1. The fourth-order valence-electron chi connectivity index (χ4n) is 2.35. The molecule has 0 saturated heterocycles. The van der Waals surface area contributed by atoms with E-state index in [2.05, 4.69) is 14.5 Å². The van der Waals surface area contributed by atoms with Gasteiger partial charge in [-0.25, -0.2) is 9.78 Å². The molecule has 0 unspecified atom stereocenters. The minimum Gasteiger partial charge on any atom is -0.331 e. The number of carbonyl (C=O) groups excluding carboxylic acids is 1. The molecule has 0 atom stereocenters. The van der Waals surface area contributed by atoms with Gasteiger partial charge in [-0.15, -0.1) is 0 Å². The molecule has 17 heavy (non-hydrogen) atoms. The standard InChI is InChI=1S/C13H13N3O/c1-9-15-12-10(13(6-7-13)14-8-17)4-3-5-11(12)16(9)2/h3-5H,6-7H2,1-2H3. The van der Waals surface area contributed by atoms with Crippen molar-refractivity contribution < 1.29 is 4.79 Å². The van der Waals surface area contributed by atoms with Gasteiger partial charge in [-0.1, -0.05) is 12.1 Å². The second-order valence-electron chi connectivity index (χ2n) is 4.63. The van der Waals surface area contributed by atoms with Gasteiger partial charge in [0.25, 0.3) is 0 Å². The fraction of sp³-hybridized carbons (Fsp3) is 0.385. The molecule has 0 spiro atoms. The zero-order valence-electron chi connectivity index (χ0n) is 9.90. The van der Waals surface area contributed by atoms with Gasteiger partial charge in [0.2, 0.25) is 6.08 Å². The molecular weight excluding hydrogens is 214 g/mol. The molecule has 1 fully saturated rings. The number of fused-ring (bicyclic) bond motifs is 1. The molecule has 1 heterocycles. The van der Waals surface area contributed by atoms with Gasteiger partial charge < -0.3 is 4.57 Å². The molecule has 0 bridgehead atoms. The van der Waals surface area contributed by atoms with E-state index < -0.39 is 0 Å². The van der Waals surface area contributed by atoms with Gasteiger partial charge in [-0.05, 0) is 25.8 Å². The van der Waals surface area contributed by atoms with E-state index in [1.54, 1.807) is 6.08 Å². The topological polar surface area (TPSA) is 47.2 Å². The maximum absolute atomic E-state index is 10.5. The number of aliphatic imine (C=N–C) groups is 1. The largest absolute Gasteiger partial charge is 0.331 e. The Morgan fingerprint density at radius 1 is 1.47 bits per heavy atom. The molecule has 0 aliphatic heterocycles. The summed E-state index contributed by atoms with van der Waals surface area (Å²) in [6.07, 6.45) is 3.52. The van der Waals surface area contributed by atoms with Crippen LogP contribution in [0, 0.1) is 6.92 Å². The van der Waals surface area contributed by atoms with Crippen LogP contribution in [0.15, 0.2) is 23.2 Å². The Labute approximate surface area is 99.0 Å². The van der Waals surface area contributed by atoms with Crippen LogP contribution in [0.3, 0.4) is 0 Å². The first-order chi connectivity index (χ1) is 8.18. The van der Waals surface area contributed by atoms with Crippen molar-refractivity contribution in [3.8, 4) is 0 Å². The number of benzene rings is 1. The summed E-state index contributed by atoms with van der Waals surface area (Å²) >= 11 is 0. The third-order valence-corrected chi connectivity index (χ3v) is 3.62. The number of isocyanates is 1. The van der Waals surface area contributed by atoms with Gasteiger partial charge in [0.1, 0.15) is 11.4 Å². The van der Waals surface area contributed by atoms with Crippen molar-refractivity contribution in [3.63, 3.8) is 0 Å². The Morgan fingerprint density at radius 2 is 2.24 bits per heavy atom. The fourth-order valence-corrected chi connectivity index (χ4v) is 2.35. The predicted octanol–water partition coefficient (Wildman–Crippen LogP) is 2.21. The van der Waals surface area contributed by atoms with E-state index in [0.29, 0.717) is 0 Å². The summed E-state index contributed by atoms with van der Waals surface area (Å²) in [5.41, 5.74) is 2.76. The van der Waals surface area contributed by atoms with E-state index in [0.717, 1.165) is 35.3 Å². The lowest BCUT2D eigenvalue weighted by Crippen LogP contribution is -2.03. The molecule has 1 aliphatic carbocycles. The SMILES string of the molecule is Cc1nc2c(C3(N=C=O)CC3)cccc2n1C. The Morgan fingerprint density at radius 3 is 2.88 bits per heavy atom. The predicted molar refractivity (Wildman–Crippen MR) is 64.5 cm³/mol. The molecule has 1 aliphatic rings. The van der Waals surface area contributed by atoms with E-state index in [1.165, 1.54) is 0 Å². The van der Waals surface area contributed by atoms with Crippen LogP contribution in [0.5, 0.6) is 0 Å². The van der Waals surface area contributed by atoms with Crippen LogP contribution in [0.2, 0.25) is 0 Å². The monoisotopic (exact) mass is 227 g/mol. The van der Waals surface area contributed by atoms with Gasteiger partial charge in [0.05, 0.1) is 11.0 Å². The second-order valence-corrected chi connectivity index (χ2v) is 4.63. The molecule has 4 heteroatoms. The van der Waals surface area contributed by atoms with Crippen LogP contribution >= 0.6 is 0 Å². The maximum Gasteiger partial charge on any atom is 0.235 e. The third-order valence-electron chi connectivity index (χ3n) is 3.62. The van der Waals surface area contributed by atoms with E-state index in [4.69, 9.17) is 0 Å². The molecule has 2 aromatic rings.